The quantitative estimate of drug-likeness (QED) is 0.860. The van der Waals surface area contributed by atoms with Crippen LogP contribution in [0.15, 0.2) is 22.9 Å². The summed E-state index contributed by atoms with van der Waals surface area (Å²) in [5.41, 5.74) is 1.97. The Kier molecular flexibility index (Phi) is 4.24. The Morgan fingerprint density at radius 2 is 2.22 bits per heavy atom. The van der Waals surface area contributed by atoms with Crippen LogP contribution in [0.4, 0.5) is 0 Å². The van der Waals surface area contributed by atoms with Gasteiger partial charge in [-0.2, -0.15) is 5.10 Å². The van der Waals surface area contributed by atoms with E-state index in [0.717, 1.165) is 22.4 Å². The van der Waals surface area contributed by atoms with Gasteiger partial charge in [-0.3, -0.25) is 9.67 Å². The molecule has 6 heteroatoms. The number of aryl methyl sites for hydroxylation is 2. The van der Waals surface area contributed by atoms with Crippen molar-refractivity contribution < 1.29 is 4.74 Å². The van der Waals surface area contributed by atoms with Crippen LogP contribution < -0.4 is 4.74 Å². The highest BCUT2D eigenvalue weighted by molar-refractivity contribution is 9.10. The zero-order valence-corrected chi connectivity index (χ0v) is 12.5. The van der Waals surface area contributed by atoms with Crippen LogP contribution in [0.2, 0.25) is 5.02 Å². The standard InChI is InChI=1S/C12H13BrClN3O/c1-3-17-11(12(13)8(2)16-17)7-18-10-4-9(14)5-15-6-10/h4-6H,3,7H2,1-2H3. The van der Waals surface area contributed by atoms with E-state index in [1.165, 1.54) is 0 Å². The van der Waals surface area contributed by atoms with Gasteiger partial charge in [-0.25, -0.2) is 0 Å². The van der Waals surface area contributed by atoms with E-state index in [9.17, 15) is 0 Å². The van der Waals surface area contributed by atoms with Gasteiger partial charge in [0.1, 0.15) is 12.4 Å². The molecule has 0 amide bonds. The summed E-state index contributed by atoms with van der Waals surface area (Å²) in [5.74, 6) is 0.649. The molecule has 0 unspecified atom stereocenters. The van der Waals surface area contributed by atoms with Crippen molar-refractivity contribution in [3.8, 4) is 5.75 Å². The fourth-order valence-corrected chi connectivity index (χ4v) is 2.19. The SMILES string of the molecule is CCn1nc(C)c(Br)c1COc1cncc(Cl)c1. The van der Waals surface area contributed by atoms with Gasteiger partial charge in [0.2, 0.25) is 0 Å². The molecule has 0 aliphatic carbocycles. The highest BCUT2D eigenvalue weighted by Crippen LogP contribution is 2.23. The van der Waals surface area contributed by atoms with Gasteiger partial charge in [0.05, 0.1) is 27.1 Å². The molecule has 0 aromatic carbocycles. The number of nitrogens with zero attached hydrogens (tertiary/aromatic N) is 3. The molecule has 0 saturated carbocycles. The maximum absolute atomic E-state index is 5.85. The third kappa shape index (κ3) is 2.84. The van der Waals surface area contributed by atoms with Crippen molar-refractivity contribution in [3.05, 3.63) is 39.3 Å². The van der Waals surface area contributed by atoms with E-state index >= 15 is 0 Å². The van der Waals surface area contributed by atoms with Crippen molar-refractivity contribution >= 4 is 27.5 Å². The van der Waals surface area contributed by atoms with Gasteiger partial charge in [-0.05, 0) is 29.8 Å². The maximum Gasteiger partial charge on any atom is 0.139 e. The van der Waals surface area contributed by atoms with Crippen molar-refractivity contribution in [2.24, 2.45) is 0 Å². The van der Waals surface area contributed by atoms with Crippen molar-refractivity contribution in [1.29, 1.82) is 0 Å². The molecule has 0 spiro atoms. The monoisotopic (exact) mass is 329 g/mol. The molecule has 2 aromatic heterocycles. The number of rotatable bonds is 4. The smallest absolute Gasteiger partial charge is 0.139 e. The molecule has 0 aliphatic rings. The second-order valence-electron chi connectivity index (χ2n) is 3.79. The van der Waals surface area contributed by atoms with Crippen LogP contribution in [-0.2, 0) is 13.2 Å². The van der Waals surface area contributed by atoms with Crippen LogP contribution in [0.3, 0.4) is 0 Å². The summed E-state index contributed by atoms with van der Waals surface area (Å²) >= 11 is 9.38. The Bertz CT molecular complexity index is 556. The Balaban J connectivity index is 2.15. The molecule has 2 aromatic rings. The van der Waals surface area contributed by atoms with E-state index in [-0.39, 0.29) is 0 Å². The first-order valence-corrected chi connectivity index (χ1v) is 6.74. The van der Waals surface area contributed by atoms with E-state index in [4.69, 9.17) is 16.3 Å². The second-order valence-corrected chi connectivity index (χ2v) is 5.02. The van der Waals surface area contributed by atoms with Gasteiger partial charge in [0, 0.05) is 18.8 Å². The minimum atomic E-state index is 0.428. The van der Waals surface area contributed by atoms with E-state index in [2.05, 4.69) is 26.0 Å². The highest BCUT2D eigenvalue weighted by Gasteiger charge is 2.12. The predicted molar refractivity (Wildman–Crippen MR) is 73.9 cm³/mol. The minimum absolute atomic E-state index is 0.428. The number of halogens is 2. The summed E-state index contributed by atoms with van der Waals surface area (Å²) in [7, 11) is 0. The molecule has 0 fully saturated rings. The van der Waals surface area contributed by atoms with Gasteiger partial charge in [-0.15, -0.1) is 0 Å². The highest BCUT2D eigenvalue weighted by atomic mass is 79.9. The van der Waals surface area contributed by atoms with Gasteiger partial charge >= 0.3 is 0 Å². The Morgan fingerprint density at radius 1 is 1.44 bits per heavy atom. The molecule has 96 valence electrons. The predicted octanol–water partition coefficient (Wildman–Crippen LogP) is 3.60. The molecule has 0 aliphatic heterocycles. The summed E-state index contributed by atoms with van der Waals surface area (Å²) in [4.78, 5) is 3.98. The van der Waals surface area contributed by atoms with Crippen LogP contribution in [0, 0.1) is 6.92 Å². The summed E-state index contributed by atoms with van der Waals surface area (Å²) < 4.78 is 8.57. The van der Waals surface area contributed by atoms with E-state index in [1.807, 2.05) is 18.5 Å². The number of pyridine rings is 1. The lowest BCUT2D eigenvalue weighted by atomic mass is 10.4. The number of ether oxygens (including phenoxy) is 1. The van der Waals surface area contributed by atoms with Gasteiger partial charge in [-0.1, -0.05) is 11.6 Å². The first-order valence-electron chi connectivity index (χ1n) is 5.57. The van der Waals surface area contributed by atoms with Crippen molar-refractivity contribution in [2.75, 3.05) is 0 Å². The molecule has 0 bridgehead atoms. The van der Waals surface area contributed by atoms with E-state index in [1.54, 1.807) is 18.5 Å². The van der Waals surface area contributed by atoms with Gasteiger partial charge in [0.15, 0.2) is 0 Å². The minimum Gasteiger partial charge on any atom is -0.486 e. The fraction of sp³-hybridized carbons (Fsp3) is 0.333. The summed E-state index contributed by atoms with van der Waals surface area (Å²) in [6, 6.07) is 1.74. The topological polar surface area (TPSA) is 39.9 Å². The lowest BCUT2D eigenvalue weighted by Crippen LogP contribution is -2.06. The van der Waals surface area contributed by atoms with Crippen LogP contribution in [0.1, 0.15) is 18.3 Å². The fourth-order valence-electron chi connectivity index (χ4n) is 1.63. The molecule has 4 nitrogen and oxygen atoms in total. The average Bonchev–Trinajstić information content (AvgIpc) is 2.63. The van der Waals surface area contributed by atoms with Crippen molar-refractivity contribution in [1.82, 2.24) is 14.8 Å². The van der Waals surface area contributed by atoms with Gasteiger partial charge in [0.25, 0.3) is 0 Å². The summed E-state index contributed by atoms with van der Waals surface area (Å²) in [5, 5.41) is 4.97. The third-order valence-corrected chi connectivity index (χ3v) is 3.75. The lowest BCUT2D eigenvalue weighted by molar-refractivity contribution is 0.290. The van der Waals surface area contributed by atoms with E-state index in [0.29, 0.717) is 17.4 Å². The zero-order chi connectivity index (χ0) is 13.1. The second kappa shape index (κ2) is 5.71. The van der Waals surface area contributed by atoms with Gasteiger partial charge < -0.3 is 4.74 Å². The molecule has 18 heavy (non-hydrogen) atoms. The first kappa shape index (κ1) is 13.4. The normalized spacial score (nSPS) is 10.7. The Morgan fingerprint density at radius 3 is 2.89 bits per heavy atom. The molecule has 0 radical (unpaired) electrons. The van der Waals surface area contributed by atoms with Crippen LogP contribution in [0.25, 0.3) is 0 Å². The Labute approximate surface area is 119 Å². The van der Waals surface area contributed by atoms with Crippen LogP contribution in [-0.4, -0.2) is 14.8 Å². The number of aromatic nitrogens is 3. The molecule has 0 atom stereocenters. The van der Waals surface area contributed by atoms with Crippen molar-refractivity contribution in [3.63, 3.8) is 0 Å². The molecule has 0 N–H and O–H groups in total. The molecule has 2 heterocycles. The summed E-state index contributed by atoms with van der Waals surface area (Å²) in [6.45, 7) is 5.24. The largest absolute Gasteiger partial charge is 0.486 e. The Hall–Kier alpha value is -1.07. The number of hydrogen-bond donors (Lipinski definition) is 0. The van der Waals surface area contributed by atoms with Crippen LogP contribution in [0.5, 0.6) is 5.75 Å². The van der Waals surface area contributed by atoms with E-state index < -0.39 is 0 Å². The molecular weight excluding hydrogens is 318 g/mol. The average molecular weight is 331 g/mol. The lowest BCUT2D eigenvalue weighted by Gasteiger charge is -2.08. The zero-order valence-electron chi connectivity index (χ0n) is 10.2. The first-order chi connectivity index (χ1) is 8.61. The van der Waals surface area contributed by atoms with Crippen LogP contribution >= 0.6 is 27.5 Å². The molecular formula is C12H13BrClN3O. The van der Waals surface area contributed by atoms with Crippen molar-refractivity contribution in [2.45, 2.75) is 27.0 Å². The number of hydrogen-bond acceptors (Lipinski definition) is 3. The maximum atomic E-state index is 5.85. The summed E-state index contributed by atoms with van der Waals surface area (Å²) in [6.07, 6.45) is 3.21. The molecule has 0 saturated heterocycles. The third-order valence-electron chi connectivity index (χ3n) is 2.51. The molecule has 2 rings (SSSR count).